The van der Waals surface area contributed by atoms with E-state index in [1.54, 1.807) is 0 Å². The second-order valence-electron chi connectivity index (χ2n) is 8.71. The minimum atomic E-state index is 0. The Hall–Kier alpha value is -1.44. The molecule has 0 nitrogen and oxygen atoms in total. The van der Waals surface area contributed by atoms with Crippen LogP contribution in [0.25, 0.3) is 0 Å². The predicted octanol–water partition coefficient (Wildman–Crippen LogP) is 2.25. The molecule has 2 aliphatic rings. The summed E-state index contributed by atoms with van der Waals surface area (Å²) in [6.07, 6.45) is 6.72. The summed E-state index contributed by atoms with van der Waals surface area (Å²) in [4.78, 5) is 0. The third-order valence-electron chi connectivity index (χ3n) is 6.60. The molecule has 0 saturated heterocycles. The van der Waals surface area contributed by atoms with Crippen LogP contribution >= 0.6 is 0 Å². The number of benzene rings is 2. The number of hydrogen-bond acceptors (Lipinski definition) is 0. The molecule has 0 N–H and O–H groups in total. The number of halogens is 2. The van der Waals surface area contributed by atoms with E-state index in [0.29, 0.717) is 11.8 Å². The molecule has 180 valence electrons. The van der Waals surface area contributed by atoms with Gasteiger partial charge in [-0.1, -0.05) is 53.4 Å². The van der Waals surface area contributed by atoms with E-state index in [2.05, 4.69) is 136 Å². The molecule has 0 bridgehead atoms. The molecule has 34 heavy (non-hydrogen) atoms. The molecule has 0 aromatic heterocycles. The molecule has 3 heteroatoms. The molecule has 0 radical (unpaired) electrons. The van der Waals surface area contributed by atoms with Crippen molar-refractivity contribution in [2.45, 2.75) is 55.4 Å². The predicted molar refractivity (Wildman–Crippen MR) is 136 cm³/mol. The summed E-state index contributed by atoms with van der Waals surface area (Å²) in [6.45, 7) is 17.3. The van der Waals surface area contributed by atoms with Crippen LogP contribution in [-0.4, -0.2) is 3.81 Å². The van der Waals surface area contributed by atoms with Crippen molar-refractivity contribution in [1.82, 2.24) is 0 Å². The molecule has 2 aromatic carbocycles. The van der Waals surface area contributed by atoms with E-state index in [9.17, 15) is 0 Å². The number of hydrogen-bond donors (Lipinski definition) is 0. The number of allylic oxidation sites excluding steroid dienone is 8. The van der Waals surface area contributed by atoms with Crippen LogP contribution in [-0.2, 0) is 20.0 Å². The molecule has 2 atom stereocenters. The average Bonchev–Trinajstić information content (AvgIpc) is 3.17. The van der Waals surface area contributed by atoms with E-state index in [0.717, 1.165) is 0 Å². The fraction of sp³-hybridized carbons (Fsp3) is 0.323. The zero-order chi connectivity index (χ0) is 23.8. The first-order valence-corrected chi connectivity index (χ1v) is 12.2. The molecule has 0 aliphatic heterocycles. The number of rotatable bonds is 2. The standard InChI is InChI=1S/C13H10.2C9H13.2ClH.Ti/c1-3-7-12(8-4-1)11-13-9-5-2-6-10-13;2*1-6-5-7(2)9(4)8(6)3;;;/h1-10H;2*6H,1-4H3;2*1H;/q;2*-1;;;+2/p-2. The van der Waals surface area contributed by atoms with Crippen LogP contribution in [0.4, 0.5) is 0 Å². The van der Waals surface area contributed by atoms with Crippen LogP contribution in [0.1, 0.15) is 66.5 Å². The molecule has 0 fully saturated rings. The van der Waals surface area contributed by atoms with Gasteiger partial charge in [-0.25, -0.2) is 11.1 Å². The topological polar surface area (TPSA) is 0 Å². The minimum absolute atomic E-state index is 0. The van der Waals surface area contributed by atoms with Crippen molar-refractivity contribution in [2.24, 2.45) is 11.8 Å². The first-order valence-electron chi connectivity index (χ1n) is 11.4. The Balaban J connectivity index is 0.000000485. The zero-order valence-corrected chi connectivity index (χ0v) is 24.8. The van der Waals surface area contributed by atoms with Crippen LogP contribution in [0.2, 0.25) is 0 Å². The third kappa shape index (κ3) is 8.97. The van der Waals surface area contributed by atoms with Crippen LogP contribution < -0.4 is 24.8 Å². The van der Waals surface area contributed by atoms with Gasteiger partial charge in [0.1, 0.15) is 0 Å². The van der Waals surface area contributed by atoms with Gasteiger partial charge in [-0.15, -0.1) is 13.8 Å². The third-order valence-corrected chi connectivity index (χ3v) is 7.50. The molecule has 4 rings (SSSR count). The molecular formula is C31H36Cl2Ti-2. The van der Waals surface area contributed by atoms with Gasteiger partial charge in [0.05, 0.1) is 0 Å². The van der Waals surface area contributed by atoms with Crippen molar-refractivity contribution >= 4 is 3.81 Å². The van der Waals surface area contributed by atoms with Crippen LogP contribution in [0.5, 0.6) is 0 Å². The fourth-order valence-electron chi connectivity index (χ4n) is 3.70. The second-order valence-corrected chi connectivity index (χ2v) is 9.49. The summed E-state index contributed by atoms with van der Waals surface area (Å²) in [6, 6.07) is 20.9. The van der Waals surface area contributed by atoms with Gasteiger partial charge in [0.15, 0.2) is 0 Å². The van der Waals surface area contributed by atoms with Crippen molar-refractivity contribution in [2.75, 3.05) is 0 Å². The SMILES string of the molecule is CC1=[C-]C(C)C(C)=C1C.CC1=[C-]C(C)C(C)=C1C.[Cl-].[Cl-].[Ti+2]=[C](c1ccccc1)c1ccccc1. The summed E-state index contributed by atoms with van der Waals surface area (Å²) >= 11 is 2.16. The average molecular weight is 527 g/mol. The van der Waals surface area contributed by atoms with Gasteiger partial charge in [-0.05, 0) is 0 Å². The monoisotopic (exact) mass is 526 g/mol. The summed E-state index contributed by atoms with van der Waals surface area (Å²) in [5, 5.41) is 0. The van der Waals surface area contributed by atoms with E-state index < -0.39 is 0 Å². The van der Waals surface area contributed by atoms with E-state index in [1.807, 2.05) is 12.1 Å². The Morgan fingerprint density at radius 1 is 0.588 bits per heavy atom. The summed E-state index contributed by atoms with van der Waals surface area (Å²) in [5.41, 5.74) is 11.1. The Labute approximate surface area is 232 Å². The first kappa shape index (κ1) is 32.6. The Morgan fingerprint density at radius 2 is 0.882 bits per heavy atom. The molecule has 0 spiro atoms. The van der Waals surface area contributed by atoms with Crippen LogP contribution in [0.3, 0.4) is 0 Å². The summed E-state index contributed by atoms with van der Waals surface area (Å²) in [7, 11) is 0. The molecular weight excluding hydrogens is 491 g/mol. The van der Waals surface area contributed by atoms with E-state index in [-0.39, 0.29) is 24.8 Å². The molecule has 0 heterocycles. The maximum absolute atomic E-state index is 3.36. The fourth-order valence-corrected chi connectivity index (χ4v) is 4.22. The zero-order valence-electron chi connectivity index (χ0n) is 21.7. The van der Waals surface area contributed by atoms with Crippen molar-refractivity contribution in [3.05, 3.63) is 117 Å². The van der Waals surface area contributed by atoms with Gasteiger partial charge < -0.3 is 24.8 Å². The Kier molecular flexibility index (Phi) is 14.9. The normalized spacial score (nSPS) is 18.4. The molecule has 2 aromatic rings. The van der Waals surface area contributed by atoms with Gasteiger partial charge in [0.2, 0.25) is 0 Å². The second kappa shape index (κ2) is 15.5. The quantitative estimate of drug-likeness (QED) is 0.416. The van der Waals surface area contributed by atoms with E-state index >= 15 is 0 Å². The maximum atomic E-state index is 3.36. The Bertz CT molecular complexity index is 972. The van der Waals surface area contributed by atoms with Gasteiger partial charge in [0.25, 0.3) is 0 Å². The van der Waals surface area contributed by atoms with Crippen LogP contribution in [0.15, 0.2) is 94.1 Å². The van der Waals surface area contributed by atoms with Crippen molar-refractivity contribution in [3.63, 3.8) is 0 Å². The van der Waals surface area contributed by atoms with Crippen molar-refractivity contribution in [1.29, 1.82) is 0 Å². The molecule has 0 amide bonds. The van der Waals surface area contributed by atoms with Crippen LogP contribution in [0, 0.1) is 24.0 Å². The van der Waals surface area contributed by atoms with Gasteiger partial charge in [-0.3, -0.25) is 12.2 Å². The van der Waals surface area contributed by atoms with Crippen molar-refractivity contribution in [3.8, 4) is 0 Å². The Morgan fingerprint density at radius 3 is 1.06 bits per heavy atom. The molecule has 0 saturated carbocycles. The van der Waals surface area contributed by atoms with Gasteiger partial charge in [-0.2, -0.15) is 22.3 Å². The summed E-state index contributed by atoms with van der Waals surface area (Å²) in [5.74, 6) is 1.12. The van der Waals surface area contributed by atoms with E-state index in [4.69, 9.17) is 0 Å². The first-order chi connectivity index (χ1) is 15.1. The molecule has 2 unspecified atom stereocenters. The summed E-state index contributed by atoms with van der Waals surface area (Å²) < 4.78 is 1.33. The van der Waals surface area contributed by atoms with Crippen molar-refractivity contribution < 1.29 is 44.8 Å². The van der Waals surface area contributed by atoms with E-state index in [1.165, 1.54) is 48.4 Å². The molecule has 2 aliphatic carbocycles. The van der Waals surface area contributed by atoms with Gasteiger partial charge in [0, 0.05) is 0 Å². The van der Waals surface area contributed by atoms with Gasteiger partial charge >= 0.3 is 95.6 Å².